The van der Waals surface area contributed by atoms with Gasteiger partial charge < -0.3 is 10.1 Å². The van der Waals surface area contributed by atoms with Gasteiger partial charge in [-0.15, -0.1) is 0 Å². The van der Waals surface area contributed by atoms with Crippen LogP contribution in [0, 0.1) is 17.2 Å². The highest BCUT2D eigenvalue weighted by molar-refractivity contribution is 5.53. The number of nitrogens with zero attached hydrogens (tertiary/aromatic N) is 2. The molecule has 1 saturated heterocycles. The zero-order chi connectivity index (χ0) is 12.1. The number of nitriles is 1. The van der Waals surface area contributed by atoms with E-state index in [1.54, 1.807) is 6.20 Å². The number of hydrogen-bond acceptors (Lipinski definition) is 4. The topological polar surface area (TPSA) is 57.9 Å². The van der Waals surface area contributed by atoms with Gasteiger partial charge in [-0.3, -0.25) is 0 Å². The molecule has 2 atom stereocenters. The molecule has 0 amide bonds. The zero-order valence-corrected chi connectivity index (χ0v) is 10.0. The van der Waals surface area contributed by atoms with Crippen LogP contribution in [-0.4, -0.2) is 24.2 Å². The molecule has 0 spiro atoms. The Morgan fingerprint density at radius 1 is 1.65 bits per heavy atom. The third-order valence-electron chi connectivity index (χ3n) is 3.22. The van der Waals surface area contributed by atoms with Gasteiger partial charge in [0.1, 0.15) is 6.07 Å². The van der Waals surface area contributed by atoms with Crippen LogP contribution in [-0.2, 0) is 4.74 Å². The molecule has 4 heteroatoms. The molecule has 0 saturated carbocycles. The van der Waals surface area contributed by atoms with Crippen molar-refractivity contribution < 1.29 is 4.74 Å². The Morgan fingerprint density at radius 2 is 2.53 bits per heavy atom. The minimum Gasteiger partial charge on any atom is -0.382 e. The van der Waals surface area contributed by atoms with E-state index >= 15 is 0 Å². The van der Waals surface area contributed by atoms with E-state index in [0.717, 1.165) is 31.7 Å². The number of aromatic nitrogens is 1. The molecule has 1 N–H and O–H groups in total. The van der Waals surface area contributed by atoms with Crippen molar-refractivity contribution in [3.8, 4) is 6.07 Å². The van der Waals surface area contributed by atoms with Gasteiger partial charge in [-0.25, -0.2) is 4.98 Å². The van der Waals surface area contributed by atoms with Crippen LogP contribution in [0.2, 0.25) is 0 Å². The van der Waals surface area contributed by atoms with Crippen LogP contribution < -0.4 is 5.32 Å². The van der Waals surface area contributed by atoms with Crippen LogP contribution in [0.15, 0.2) is 18.3 Å². The maximum atomic E-state index is 8.93. The molecule has 17 heavy (non-hydrogen) atoms. The molecule has 1 aromatic rings. The standard InChI is InChI=1S/C13H17N3O/c1-2-13-10(5-7-17-13)9-16-11-4-3-6-15-12(11)8-14/h3-4,6,10,13,16H,2,5,7,9H2,1H3. The number of rotatable bonds is 4. The first kappa shape index (κ1) is 11.9. The van der Waals surface area contributed by atoms with Gasteiger partial charge in [0.15, 0.2) is 5.69 Å². The van der Waals surface area contributed by atoms with E-state index in [4.69, 9.17) is 10.00 Å². The number of pyridine rings is 1. The van der Waals surface area contributed by atoms with E-state index in [1.807, 2.05) is 12.1 Å². The molecule has 0 aliphatic carbocycles. The second kappa shape index (κ2) is 5.65. The fourth-order valence-corrected chi connectivity index (χ4v) is 2.26. The zero-order valence-electron chi connectivity index (χ0n) is 10.0. The SMILES string of the molecule is CCC1OCCC1CNc1cccnc1C#N. The van der Waals surface area contributed by atoms with Crippen LogP contribution in [0.3, 0.4) is 0 Å². The van der Waals surface area contributed by atoms with Crippen LogP contribution in [0.25, 0.3) is 0 Å². The van der Waals surface area contributed by atoms with E-state index in [-0.39, 0.29) is 0 Å². The van der Waals surface area contributed by atoms with Crippen LogP contribution >= 0.6 is 0 Å². The van der Waals surface area contributed by atoms with Crippen molar-refractivity contribution in [2.24, 2.45) is 5.92 Å². The lowest BCUT2D eigenvalue weighted by Gasteiger charge is -2.18. The highest BCUT2D eigenvalue weighted by atomic mass is 16.5. The first-order chi connectivity index (χ1) is 8.35. The predicted octanol–water partition coefficient (Wildman–Crippen LogP) is 2.18. The molecule has 1 aromatic heterocycles. The van der Waals surface area contributed by atoms with Crippen molar-refractivity contribution in [2.45, 2.75) is 25.9 Å². The fraction of sp³-hybridized carbons (Fsp3) is 0.538. The Morgan fingerprint density at radius 3 is 3.29 bits per heavy atom. The fourth-order valence-electron chi connectivity index (χ4n) is 2.26. The van der Waals surface area contributed by atoms with Gasteiger partial charge in [-0.05, 0) is 25.0 Å². The summed E-state index contributed by atoms with van der Waals surface area (Å²) in [7, 11) is 0. The second-order valence-electron chi connectivity index (χ2n) is 4.26. The van der Waals surface area contributed by atoms with Gasteiger partial charge in [0.25, 0.3) is 0 Å². The molecular formula is C13H17N3O. The van der Waals surface area contributed by atoms with Gasteiger partial charge in [0, 0.05) is 25.3 Å². The predicted molar refractivity (Wildman–Crippen MR) is 65.6 cm³/mol. The van der Waals surface area contributed by atoms with Gasteiger partial charge >= 0.3 is 0 Å². The summed E-state index contributed by atoms with van der Waals surface area (Å²) in [5, 5.41) is 12.2. The first-order valence-corrected chi connectivity index (χ1v) is 6.05. The quantitative estimate of drug-likeness (QED) is 0.862. The van der Waals surface area contributed by atoms with Gasteiger partial charge in [0.05, 0.1) is 11.8 Å². The molecule has 0 bridgehead atoms. The first-order valence-electron chi connectivity index (χ1n) is 6.05. The number of ether oxygens (including phenoxy) is 1. The summed E-state index contributed by atoms with van der Waals surface area (Å²) in [6.45, 7) is 3.84. The van der Waals surface area contributed by atoms with E-state index in [1.165, 1.54) is 0 Å². The van der Waals surface area contributed by atoms with E-state index in [9.17, 15) is 0 Å². The third-order valence-corrected chi connectivity index (χ3v) is 3.22. The van der Waals surface area contributed by atoms with Crippen LogP contribution in [0.4, 0.5) is 5.69 Å². The number of nitrogens with one attached hydrogen (secondary N) is 1. The summed E-state index contributed by atoms with van der Waals surface area (Å²) in [5.41, 5.74) is 1.27. The molecule has 0 radical (unpaired) electrons. The van der Waals surface area contributed by atoms with Crippen LogP contribution in [0.5, 0.6) is 0 Å². The smallest absolute Gasteiger partial charge is 0.163 e. The Labute approximate surface area is 102 Å². The summed E-state index contributed by atoms with van der Waals surface area (Å²) in [4.78, 5) is 4.03. The van der Waals surface area contributed by atoms with Crippen molar-refractivity contribution in [1.29, 1.82) is 5.26 Å². The van der Waals surface area contributed by atoms with Crippen molar-refractivity contribution in [2.75, 3.05) is 18.5 Å². The van der Waals surface area contributed by atoms with E-state index in [2.05, 4.69) is 23.3 Å². The minimum absolute atomic E-state index is 0.352. The molecule has 2 unspecified atom stereocenters. The third kappa shape index (κ3) is 2.75. The minimum atomic E-state index is 0.352. The Bertz CT molecular complexity index is 413. The normalized spacial score (nSPS) is 23.3. The largest absolute Gasteiger partial charge is 0.382 e. The summed E-state index contributed by atoms with van der Waals surface area (Å²) in [5.74, 6) is 0.534. The molecule has 1 fully saturated rings. The molecule has 4 nitrogen and oxygen atoms in total. The lowest BCUT2D eigenvalue weighted by atomic mass is 9.99. The molecular weight excluding hydrogens is 214 g/mol. The highest BCUT2D eigenvalue weighted by Gasteiger charge is 2.26. The van der Waals surface area contributed by atoms with Crippen molar-refractivity contribution in [1.82, 2.24) is 4.98 Å². The van der Waals surface area contributed by atoms with Gasteiger partial charge in [-0.1, -0.05) is 6.92 Å². The summed E-state index contributed by atoms with van der Waals surface area (Å²) >= 11 is 0. The lowest BCUT2D eigenvalue weighted by molar-refractivity contribution is 0.0900. The summed E-state index contributed by atoms with van der Waals surface area (Å²) in [6.07, 6.45) is 4.12. The number of anilines is 1. The molecule has 1 aliphatic rings. The second-order valence-corrected chi connectivity index (χ2v) is 4.26. The molecule has 2 rings (SSSR count). The van der Waals surface area contributed by atoms with Crippen molar-refractivity contribution in [3.05, 3.63) is 24.0 Å². The number of hydrogen-bond donors (Lipinski definition) is 1. The van der Waals surface area contributed by atoms with Gasteiger partial charge in [-0.2, -0.15) is 5.26 Å². The maximum Gasteiger partial charge on any atom is 0.163 e. The van der Waals surface area contributed by atoms with Crippen molar-refractivity contribution in [3.63, 3.8) is 0 Å². The summed E-state index contributed by atoms with van der Waals surface area (Å²) < 4.78 is 5.64. The van der Waals surface area contributed by atoms with E-state index < -0.39 is 0 Å². The highest BCUT2D eigenvalue weighted by Crippen LogP contribution is 2.24. The maximum absolute atomic E-state index is 8.93. The molecule has 1 aliphatic heterocycles. The molecule has 0 aromatic carbocycles. The average Bonchev–Trinajstić information content (AvgIpc) is 2.84. The van der Waals surface area contributed by atoms with Crippen molar-refractivity contribution >= 4 is 5.69 Å². The molecule has 90 valence electrons. The average molecular weight is 231 g/mol. The van der Waals surface area contributed by atoms with Gasteiger partial charge in [0.2, 0.25) is 0 Å². The monoisotopic (exact) mass is 231 g/mol. The Balaban J connectivity index is 1.96. The summed E-state index contributed by atoms with van der Waals surface area (Å²) in [6, 6.07) is 5.82. The lowest BCUT2D eigenvalue weighted by Crippen LogP contribution is -2.23. The van der Waals surface area contributed by atoms with E-state index in [0.29, 0.717) is 17.7 Å². The Hall–Kier alpha value is -1.60. The Kier molecular flexibility index (Phi) is 3.94. The van der Waals surface area contributed by atoms with Crippen LogP contribution in [0.1, 0.15) is 25.5 Å². The molecule has 2 heterocycles.